The van der Waals surface area contributed by atoms with Crippen LogP contribution in [0.4, 0.5) is 0 Å². The summed E-state index contributed by atoms with van der Waals surface area (Å²) in [4.78, 5) is 12.2. The van der Waals surface area contributed by atoms with E-state index in [0.717, 1.165) is 22.3 Å². The Morgan fingerprint density at radius 1 is 1.03 bits per heavy atom. The minimum Gasteiger partial charge on any atom is -0.490 e. The van der Waals surface area contributed by atoms with Crippen LogP contribution in [-0.2, 0) is 17.8 Å². The van der Waals surface area contributed by atoms with Crippen LogP contribution < -0.4 is 14.9 Å². The van der Waals surface area contributed by atoms with Gasteiger partial charge in [-0.3, -0.25) is 4.79 Å². The lowest BCUT2D eigenvalue weighted by molar-refractivity contribution is -0.120. The number of ether oxygens (including phenoxy) is 2. The first kappa shape index (κ1) is 23.6. The van der Waals surface area contributed by atoms with Crippen molar-refractivity contribution in [1.29, 1.82) is 5.26 Å². The summed E-state index contributed by atoms with van der Waals surface area (Å²) in [5.74, 6) is 0.956. The predicted molar refractivity (Wildman–Crippen MR) is 128 cm³/mol. The zero-order chi connectivity index (χ0) is 23.6. The van der Waals surface area contributed by atoms with Gasteiger partial charge in [-0.05, 0) is 61.7 Å². The predicted octanol–water partition coefficient (Wildman–Crippen LogP) is 4.85. The molecule has 6 heteroatoms. The van der Waals surface area contributed by atoms with Gasteiger partial charge in [-0.15, -0.1) is 0 Å². The number of hydrogen-bond donors (Lipinski definition) is 1. The summed E-state index contributed by atoms with van der Waals surface area (Å²) < 4.78 is 11.6. The van der Waals surface area contributed by atoms with Crippen molar-refractivity contribution in [3.05, 3.63) is 94.0 Å². The maximum atomic E-state index is 12.2. The van der Waals surface area contributed by atoms with Crippen molar-refractivity contribution in [2.75, 3.05) is 6.61 Å². The van der Waals surface area contributed by atoms with Crippen molar-refractivity contribution in [3.8, 4) is 17.6 Å². The van der Waals surface area contributed by atoms with Gasteiger partial charge in [0.25, 0.3) is 0 Å². The first-order valence-corrected chi connectivity index (χ1v) is 10.8. The summed E-state index contributed by atoms with van der Waals surface area (Å²) in [5.41, 5.74) is 7.95. The van der Waals surface area contributed by atoms with Crippen LogP contribution in [0.2, 0.25) is 0 Å². The summed E-state index contributed by atoms with van der Waals surface area (Å²) >= 11 is 0. The minimum atomic E-state index is -0.181. The molecule has 3 aromatic rings. The van der Waals surface area contributed by atoms with Crippen LogP contribution in [-0.4, -0.2) is 18.7 Å². The van der Waals surface area contributed by atoms with Gasteiger partial charge in [-0.2, -0.15) is 10.4 Å². The lowest BCUT2D eigenvalue weighted by Gasteiger charge is -2.13. The van der Waals surface area contributed by atoms with Gasteiger partial charge in [-0.1, -0.05) is 42.0 Å². The quantitative estimate of drug-likeness (QED) is 0.380. The molecule has 0 spiro atoms. The van der Waals surface area contributed by atoms with Crippen LogP contribution in [0.15, 0.2) is 65.8 Å². The average molecular weight is 442 g/mol. The van der Waals surface area contributed by atoms with E-state index < -0.39 is 0 Å². The summed E-state index contributed by atoms with van der Waals surface area (Å²) in [6, 6.07) is 20.9. The van der Waals surface area contributed by atoms with Crippen molar-refractivity contribution in [2.24, 2.45) is 5.10 Å². The number of carbonyl (C=O) groups excluding carboxylic acids is 1. The monoisotopic (exact) mass is 441 g/mol. The molecule has 0 aliphatic heterocycles. The fraction of sp³-hybridized carbons (Fsp3) is 0.222. The molecule has 3 aromatic carbocycles. The van der Waals surface area contributed by atoms with Crippen LogP contribution in [0, 0.1) is 25.2 Å². The summed E-state index contributed by atoms with van der Waals surface area (Å²) in [6.45, 7) is 6.64. The Balaban J connectivity index is 1.63. The highest BCUT2D eigenvalue weighted by atomic mass is 16.5. The molecule has 0 saturated carbocycles. The normalized spacial score (nSPS) is 10.6. The summed E-state index contributed by atoms with van der Waals surface area (Å²) in [5, 5.41) is 13.3. The third-order valence-electron chi connectivity index (χ3n) is 5.04. The van der Waals surface area contributed by atoms with Gasteiger partial charge in [0.1, 0.15) is 6.61 Å². The molecular formula is C27H27N3O3. The molecule has 0 heterocycles. The standard InChI is InChI=1S/C27H27N3O3/c1-4-32-26-14-21(10-12-25(26)33-18-24-8-6-5-7-23(24)16-28)17-29-30-27(31)15-22-11-9-19(2)13-20(22)3/h5-14,17H,4,15,18H2,1-3H3,(H,30,31)/b29-17+. The maximum absolute atomic E-state index is 12.2. The van der Waals surface area contributed by atoms with Crippen molar-refractivity contribution >= 4 is 12.1 Å². The number of nitrogens with one attached hydrogen (secondary N) is 1. The lowest BCUT2D eigenvalue weighted by atomic mass is 10.0. The smallest absolute Gasteiger partial charge is 0.244 e. The SMILES string of the molecule is CCOc1cc(/C=N/NC(=O)Cc2ccc(C)cc2C)ccc1OCc1ccccc1C#N. The molecule has 0 aliphatic carbocycles. The molecule has 3 rings (SSSR count). The largest absolute Gasteiger partial charge is 0.490 e. The third-order valence-corrected chi connectivity index (χ3v) is 5.04. The van der Waals surface area contributed by atoms with E-state index in [1.807, 2.05) is 57.2 Å². The molecule has 0 saturated heterocycles. The lowest BCUT2D eigenvalue weighted by Crippen LogP contribution is -2.20. The van der Waals surface area contributed by atoms with Crippen LogP contribution in [0.25, 0.3) is 0 Å². The first-order chi connectivity index (χ1) is 16.0. The molecule has 1 N–H and O–H groups in total. The molecule has 0 aliphatic rings. The van der Waals surface area contributed by atoms with E-state index in [1.54, 1.807) is 24.4 Å². The van der Waals surface area contributed by atoms with Gasteiger partial charge < -0.3 is 9.47 Å². The Hall–Kier alpha value is -4.11. The Morgan fingerprint density at radius 3 is 2.61 bits per heavy atom. The van der Waals surface area contributed by atoms with Gasteiger partial charge in [0, 0.05) is 5.56 Å². The van der Waals surface area contributed by atoms with Crippen LogP contribution >= 0.6 is 0 Å². The zero-order valence-corrected chi connectivity index (χ0v) is 19.1. The average Bonchev–Trinajstić information content (AvgIpc) is 2.81. The van der Waals surface area contributed by atoms with E-state index in [2.05, 4.69) is 22.7 Å². The number of aryl methyl sites for hydroxylation is 2. The van der Waals surface area contributed by atoms with Crippen LogP contribution in [0.5, 0.6) is 11.5 Å². The molecule has 0 unspecified atom stereocenters. The molecule has 0 atom stereocenters. The zero-order valence-electron chi connectivity index (χ0n) is 19.1. The Kier molecular flexibility index (Phi) is 8.20. The number of nitriles is 1. The number of carbonyl (C=O) groups is 1. The van der Waals surface area contributed by atoms with E-state index in [-0.39, 0.29) is 18.9 Å². The molecule has 6 nitrogen and oxygen atoms in total. The topological polar surface area (TPSA) is 83.7 Å². The first-order valence-electron chi connectivity index (χ1n) is 10.8. The molecule has 168 valence electrons. The second kappa shape index (κ2) is 11.5. The van der Waals surface area contributed by atoms with Crippen molar-refractivity contribution in [2.45, 2.75) is 33.8 Å². The number of benzene rings is 3. The number of rotatable bonds is 9. The number of nitrogens with zero attached hydrogens (tertiary/aromatic N) is 2. The van der Waals surface area contributed by atoms with Crippen LogP contribution in [0.3, 0.4) is 0 Å². The van der Waals surface area contributed by atoms with Crippen molar-refractivity contribution in [1.82, 2.24) is 5.43 Å². The second-order valence-corrected chi connectivity index (χ2v) is 7.60. The summed E-state index contributed by atoms with van der Waals surface area (Å²) in [7, 11) is 0. The van der Waals surface area contributed by atoms with Gasteiger partial charge in [0.05, 0.1) is 30.9 Å². The van der Waals surface area contributed by atoms with Crippen molar-refractivity contribution < 1.29 is 14.3 Å². The second-order valence-electron chi connectivity index (χ2n) is 7.60. The fourth-order valence-electron chi connectivity index (χ4n) is 3.34. The molecule has 0 bridgehead atoms. The van der Waals surface area contributed by atoms with Crippen molar-refractivity contribution in [3.63, 3.8) is 0 Å². The molecule has 0 aromatic heterocycles. The number of amides is 1. The highest BCUT2D eigenvalue weighted by molar-refractivity contribution is 5.84. The highest BCUT2D eigenvalue weighted by Crippen LogP contribution is 2.29. The molecule has 0 fully saturated rings. The highest BCUT2D eigenvalue weighted by Gasteiger charge is 2.09. The molecule has 1 amide bonds. The van der Waals surface area contributed by atoms with E-state index in [9.17, 15) is 10.1 Å². The van der Waals surface area contributed by atoms with Gasteiger partial charge in [-0.25, -0.2) is 5.43 Å². The van der Waals surface area contributed by atoms with E-state index >= 15 is 0 Å². The Bertz CT molecular complexity index is 1200. The fourth-order valence-corrected chi connectivity index (χ4v) is 3.34. The van der Waals surface area contributed by atoms with Gasteiger partial charge in [0.2, 0.25) is 5.91 Å². The Labute approximate surface area is 194 Å². The molecule has 0 radical (unpaired) electrons. The van der Waals surface area contributed by atoms with Gasteiger partial charge in [0.15, 0.2) is 11.5 Å². The van der Waals surface area contributed by atoms with Crippen LogP contribution in [0.1, 0.15) is 40.3 Å². The van der Waals surface area contributed by atoms with E-state index in [4.69, 9.17) is 9.47 Å². The number of hydrogen-bond acceptors (Lipinski definition) is 5. The third kappa shape index (κ3) is 6.68. The van der Waals surface area contributed by atoms with E-state index in [1.165, 1.54) is 5.56 Å². The van der Waals surface area contributed by atoms with E-state index in [0.29, 0.717) is 23.7 Å². The summed E-state index contributed by atoms with van der Waals surface area (Å²) in [6.07, 6.45) is 1.84. The molecule has 33 heavy (non-hydrogen) atoms. The van der Waals surface area contributed by atoms with Gasteiger partial charge >= 0.3 is 0 Å². The molecular weight excluding hydrogens is 414 g/mol. The maximum Gasteiger partial charge on any atom is 0.244 e. The number of hydrazone groups is 1. The minimum absolute atomic E-state index is 0.181. The Morgan fingerprint density at radius 2 is 1.85 bits per heavy atom.